The number of likely N-dealkylation sites (N-methyl/N-ethyl adjacent to an activating group) is 1. The van der Waals surface area contributed by atoms with Crippen molar-refractivity contribution >= 4 is 5.69 Å². The van der Waals surface area contributed by atoms with Crippen LogP contribution in [0.2, 0.25) is 0 Å². The molecule has 1 unspecified atom stereocenters. The van der Waals surface area contributed by atoms with E-state index < -0.39 is 0 Å². The first-order valence-electron chi connectivity index (χ1n) is 6.02. The Kier molecular flexibility index (Phi) is 3.67. The first-order valence-corrected chi connectivity index (χ1v) is 6.02. The van der Waals surface area contributed by atoms with Crippen LogP contribution in [0.25, 0.3) is 0 Å². The van der Waals surface area contributed by atoms with Crippen molar-refractivity contribution in [2.75, 3.05) is 25.4 Å². The minimum Gasteiger partial charge on any atom is -0.489 e. The zero-order chi connectivity index (χ0) is 11.4. The maximum Gasteiger partial charge on any atom is 0.121 e. The fourth-order valence-corrected chi connectivity index (χ4v) is 2.18. The number of nitrogens with two attached hydrogens (primary N) is 1. The number of nitrogen functional groups attached to an aromatic ring is 1. The normalized spacial score (nSPS) is 21.9. The Morgan fingerprint density at radius 3 is 3.12 bits per heavy atom. The van der Waals surface area contributed by atoms with Crippen LogP contribution in [0, 0.1) is 0 Å². The Hall–Kier alpha value is -1.22. The Labute approximate surface area is 97.2 Å². The van der Waals surface area contributed by atoms with Gasteiger partial charge in [0.05, 0.1) is 0 Å². The molecule has 88 valence electrons. The highest BCUT2D eigenvalue weighted by Gasteiger charge is 2.19. The number of benzene rings is 1. The number of hydrogen-bond donors (Lipinski definition) is 1. The van der Waals surface area contributed by atoms with Crippen LogP contribution in [0.15, 0.2) is 24.3 Å². The lowest BCUT2D eigenvalue weighted by atomic mass is 10.1. The largest absolute Gasteiger partial charge is 0.489 e. The number of hydrogen-bond acceptors (Lipinski definition) is 3. The van der Waals surface area contributed by atoms with E-state index in [0.29, 0.717) is 6.10 Å². The van der Waals surface area contributed by atoms with Crippen LogP contribution >= 0.6 is 0 Å². The van der Waals surface area contributed by atoms with Gasteiger partial charge >= 0.3 is 0 Å². The van der Waals surface area contributed by atoms with Crippen molar-refractivity contribution in [2.24, 2.45) is 0 Å². The van der Waals surface area contributed by atoms with Crippen LogP contribution in [-0.4, -0.2) is 30.6 Å². The molecule has 0 bridgehead atoms. The number of nitrogens with zero attached hydrogens (tertiary/aromatic N) is 1. The van der Waals surface area contributed by atoms with Crippen molar-refractivity contribution in [1.29, 1.82) is 0 Å². The second kappa shape index (κ2) is 5.21. The topological polar surface area (TPSA) is 38.5 Å². The summed E-state index contributed by atoms with van der Waals surface area (Å²) in [5, 5.41) is 0. The lowest BCUT2D eigenvalue weighted by molar-refractivity contribution is 0.0920. The number of likely N-dealkylation sites (tertiary alicyclic amines) is 1. The Morgan fingerprint density at radius 2 is 2.38 bits per heavy atom. The van der Waals surface area contributed by atoms with E-state index in [2.05, 4.69) is 11.8 Å². The first-order chi connectivity index (χ1) is 7.78. The fourth-order valence-electron chi connectivity index (χ4n) is 2.18. The Balaban J connectivity index is 1.94. The highest BCUT2D eigenvalue weighted by atomic mass is 16.5. The Morgan fingerprint density at radius 1 is 1.50 bits per heavy atom. The van der Waals surface area contributed by atoms with Crippen molar-refractivity contribution in [2.45, 2.75) is 25.9 Å². The minimum absolute atomic E-state index is 0.315. The summed E-state index contributed by atoms with van der Waals surface area (Å²) in [6.07, 6.45) is 2.68. The first kappa shape index (κ1) is 11.3. The number of piperidine rings is 1. The van der Waals surface area contributed by atoms with E-state index in [-0.39, 0.29) is 0 Å². The molecule has 1 atom stereocenters. The molecule has 0 saturated carbocycles. The zero-order valence-corrected chi connectivity index (χ0v) is 9.86. The van der Waals surface area contributed by atoms with Crippen molar-refractivity contribution < 1.29 is 4.74 Å². The van der Waals surface area contributed by atoms with Crippen molar-refractivity contribution in [1.82, 2.24) is 4.90 Å². The molecule has 3 heteroatoms. The molecule has 1 aromatic rings. The molecule has 0 radical (unpaired) electrons. The van der Waals surface area contributed by atoms with Crippen LogP contribution in [0.1, 0.15) is 19.8 Å². The third kappa shape index (κ3) is 2.89. The number of rotatable bonds is 3. The van der Waals surface area contributed by atoms with Crippen molar-refractivity contribution in [3.63, 3.8) is 0 Å². The lowest BCUT2D eigenvalue weighted by Gasteiger charge is -2.32. The average Bonchev–Trinajstić information content (AvgIpc) is 2.29. The van der Waals surface area contributed by atoms with Crippen LogP contribution in [-0.2, 0) is 0 Å². The van der Waals surface area contributed by atoms with Gasteiger partial charge in [0.1, 0.15) is 11.9 Å². The molecule has 3 nitrogen and oxygen atoms in total. The molecule has 1 fully saturated rings. The summed E-state index contributed by atoms with van der Waals surface area (Å²) in [7, 11) is 0. The summed E-state index contributed by atoms with van der Waals surface area (Å²) in [4.78, 5) is 2.43. The summed E-state index contributed by atoms with van der Waals surface area (Å²) in [6.45, 7) is 5.54. The molecule has 1 heterocycles. The molecule has 2 N–H and O–H groups in total. The molecule has 0 aliphatic carbocycles. The van der Waals surface area contributed by atoms with Gasteiger partial charge in [-0.05, 0) is 38.1 Å². The van der Waals surface area contributed by atoms with Crippen LogP contribution < -0.4 is 10.5 Å². The van der Waals surface area contributed by atoms with Gasteiger partial charge in [-0.25, -0.2) is 0 Å². The van der Waals surface area contributed by atoms with Crippen LogP contribution in [0.3, 0.4) is 0 Å². The summed E-state index contributed by atoms with van der Waals surface area (Å²) in [5.41, 5.74) is 6.49. The maximum absolute atomic E-state index is 5.95. The van der Waals surface area contributed by atoms with Crippen LogP contribution in [0.4, 0.5) is 5.69 Å². The summed E-state index contributed by atoms with van der Waals surface area (Å²) < 4.78 is 5.95. The van der Waals surface area contributed by atoms with Gasteiger partial charge in [-0.2, -0.15) is 0 Å². The summed E-state index contributed by atoms with van der Waals surface area (Å²) in [6, 6.07) is 7.68. The smallest absolute Gasteiger partial charge is 0.121 e. The van der Waals surface area contributed by atoms with Gasteiger partial charge in [-0.15, -0.1) is 0 Å². The molecule has 2 rings (SSSR count). The van der Waals surface area contributed by atoms with E-state index in [1.54, 1.807) is 0 Å². The maximum atomic E-state index is 5.95. The molecule has 0 amide bonds. The fraction of sp³-hybridized carbons (Fsp3) is 0.538. The van der Waals surface area contributed by atoms with Crippen molar-refractivity contribution in [3.05, 3.63) is 24.3 Å². The molecular weight excluding hydrogens is 200 g/mol. The third-order valence-electron chi connectivity index (χ3n) is 3.07. The Bertz CT molecular complexity index is 340. The highest BCUT2D eigenvalue weighted by molar-refractivity contribution is 5.43. The predicted molar refractivity (Wildman–Crippen MR) is 66.6 cm³/mol. The van der Waals surface area contributed by atoms with E-state index in [1.165, 1.54) is 13.0 Å². The van der Waals surface area contributed by atoms with Gasteiger partial charge in [-0.3, -0.25) is 4.90 Å². The third-order valence-corrected chi connectivity index (χ3v) is 3.07. The minimum atomic E-state index is 0.315. The number of anilines is 1. The predicted octanol–water partition coefficient (Wildman–Crippen LogP) is 2.13. The lowest BCUT2D eigenvalue weighted by Crippen LogP contribution is -2.40. The quantitative estimate of drug-likeness (QED) is 0.793. The van der Waals surface area contributed by atoms with E-state index in [0.717, 1.165) is 30.9 Å². The number of ether oxygens (including phenoxy) is 1. The van der Waals surface area contributed by atoms with Crippen LogP contribution in [0.5, 0.6) is 5.75 Å². The molecular formula is C13H20N2O. The molecule has 1 aliphatic rings. The van der Waals surface area contributed by atoms with Gasteiger partial charge < -0.3 is 10.5 Å². The monoisotopic (exact) mass is 220 g/mol. The zero-order valence-electron chi connectivity index (χ0n) is 9.86. The summed E-state index contributed by atoms with van der Waals surface area (Å²) >= 11 is 0. The molecule has 0 aromatic heterocycles. The van der Waals surface area contributed by atoms with E-state index in [1.807, 2.05) is 24.3 Å². The van der Waals surface area contributed by atoms with Gasteiger partial charge in [0.2, 0.25) is 0 Å². The van der Waals surface area contributed by atoms with Gasteiger partial charge in [0.25, 0.3) is 0 Å². The van der Waals surface area contributed by atoms with Gasteiger partial charge in [-0.1, -0.05) is 13.0 Å². The van der Waals surface area contributed by atoms with Gasteiger partial charge in [0.15, 0.2) is 0 Å². The highest BCUT2D eigenvalue weighted by Crippen LogP contribution is 2.20. The second-order valence-corrected chi connectivity index (χ2v) is 4.35. The van der Waals surface area contributed by atoms with E-state index in [4.69, 9.17) is 10.5 Å². The molecule has 0 spiro atoms. The molecule has 1 saturated heterocycles. The van der Waals surface area contributed by atoms with Crippen molar-refractivity contribution in [3.8, 4) is 5.75 Å². The molecule has 1 aromatic carbocycles. The SMILES string of the molecule is CCN1CCCC(Oc2cccc(N)c2)C1. The van der Waals surface area contributed by atoms with E-state index in [9.17, 15) is 0 Å². The van der Waals surface area contributed by atoms with E-state index >= 15 is 0 Å². The molecule has 16 heavy (non-hydrogen) atoms. The molecule has 1 aliphatic heterocycles. The standard InChI is InChI=1S/C13H20N2O/c1-2-15-8-4-7-13(10-15)16-12-6-3-5-11(14)9-12/h3,5-6,9,13H,2,4,7-8,10,14H2,1H3. The second-order valence-electron chi connectivity index (χ2n) is 4.35. The average molecular weight is 220 g/mol. The van der Waals surface area contributed by atoms with Gasteiger partial charge in [0, 0.05) is 18.3 Å². The summed E-state index contributed by atoms with van der Waals surface area (Å²) in [5.74, 6) is 0.892.